The number of nitrogens with zero attached hydrogens (tertiary/aromatic N) is 3. The van der Waals surface area contributed by atoms with Gasteiger partial charge in [0.1, 0.15) is 5.82 Å². The summed E-state index contributed by atoms with van der Waals surface area (Å²) in [5.41, 5.74) is 4.99. The van der Waals surface area contributed by atoms with Gasteiger partial charge in [-0.1, -0.05) is 43.7 Å². The highest BCUT2D eigenvalue weighted by atomic mass is 19.4. The molecule has 1 fully saturated rings. The number of alkyl halides is 3. The third-order valence-electron chi connectivity index (χ3n) is 6.72. The molecule has 0 bridgehead atoms. The van der Waals surface area contributed by atoms with Crippen molar-refractivity contribution >= 4 is 11.6 Å². The van der Waals surface area contributed by atoms with Gasteiger partial charge in [0.2, 0.25) is 5.91 Å². The largest absolute Gasteiger partial charge is 0.416 e. The van der Waals surface area contributed by atoms with Crippen LogP contribution in [0.25, 0.3) is 11.4 Å². The van der Waals surface area contributed by atoms with E-state index < -0.39 is 11.7 Å². The second-order valence-electron chi connectivity index (χ2n) is 9.42. The molecule has 0 aliphatic carbocycles. The number of aryl methyl sites for hydroxylation is 3. The van der Waals surface area contributed by atoms with E-state index in [0.717, 1.165) is 60.7 Å². The molecule has 1 N–H and O–H groups in total. The van der Waals surface area contributed by atoms with Crippen LogP contribution >= 0.6 is 0 Å². The van der Waals surface area contributed by atoms with E-state index in [1.54, 1.807) is 6.92 Å². The maximum atomic E-state index is 12.9. The first-order valence-corrected chi connectivity index (χ1v) is 12.9. The highest BCUT2D eigenvalue weighted by Gasteiger charge is 2.31. The summed E-state index contributed by atoms with van der Waals surface area (Å²) in [6, 6.07) is 11.4. The van der Waals surface area contributed by atoms with Crippen LogP contribution < -0.4 is 4.90 Å². The monoisotopic (exact) mass is 514 g/mol. The van der Waals surface area contributed by atoms with Gasteiger partial charge in [0.05, 0.1) is 11.3 Å². The number of carbonyl (C=O) groups is 1. The fraction of sp³-hybridized carbons (Fsp3) is 0.448. The van der Waals surface area contributed by atoms with Gasteiger partial charge in [-0.15, -0.1) is 0 Å². The topological polar surface area (TPSA) is 52.2 Å². The molecule has 5 nitrogen and oxygen atoms in total. The van der Waals surface area contributed by atoms with Gasteiger partial charge >= 0.3 is 6.18 Å². The summed E-state index contributed by atoms with van der Waals surface area (Å²) >= 11 is 0. The predicted molar refractivity (Wildman–Crippen MR) is 142 cm³/mol. The number of aromatic nitrogens is 2. The number of rotatable bonds is 5. The van der Waals surface area contributed by atoms with E-state index in [4.69, 9.17) is 0 Å². The molecule has 1 saturated heterocycles. The second kappa shape index (κ2) is 11.9. The van der Waals surface area contributed by atoms with Crippen molar-refractivity contribution in [2.24, 2.45) is 0 Å². The minimum atomic E-state index is -4.36. The Kier molecular flexibility index (Phi) is 9.18. The van der Waals surface area contributed by atoms with Gasteiger partial charge in [-0.3, -0.25) is 9.69 Å². The van der Waals surface area contributed by atoms with Gasteiger partial charge in [-0.2, -0.15) is 13.2 Å². The van der Waals surface area contributed by atoms with Crippen molar-refractivity contribution in [1.82, 2.24) is 14.9 Å². The highest BCUT2D eigenvalue weighted by Crippen LogP contribution is 2.31. The van der Waals surface area contributed by atoms with Crippen LogP contribution in [0.1, 0.15) is 61.7 Å². The van der Waals surface area contributed by atoms with Crippen LogP contribution in [0, 0.1) is 20.8 Å². The van der Waals surface area contributed by atoms with Crippen molar-refractivity contribution in [3.63, 3.8) is 0 Å². The molecule has 2 heterocycles. The number of imidazole rings is 1. The van der Waals surface area contributed by atoms with Crippen LogP contribution in [0.4, 0.5) is 18.9 Å². The van der Waals surface area contributed by atoms with Gasteiger partial charge < -0.3 is 9.88 Å². The molecule has 37 heavy (non-hydrogen) atoms. The average Bonchev–Trinajstić information content (AvgIpc) is 3.22. The van der Waals surface area contributed by atoms with Crippen molar-refractivity contribution in [1.29, 1.82) is 0 Å². The third-order valence-corrected chi connectivity index (χ3v) is 6.72. The molecule has 0 atom stereocenters. The number of benzene rings is 2. The summed E-state index contributed by atoms with van der Waals surface area (Å²) in [6.45, 7) is 14.0. The van der Waals surface area contributed by atoms with Crippen molar-refractivity contribution in [3.8, 4) is 11.4 Å². The summed E-state index contributed by atoms with van der Waals surface area (Å²) in [5.74, 6) is 0.624. The molecular formula is C29H37F3N4O. The van der Waals surface area contributed by atoms with Gasteiger partial charge in [-0.25, -0.2) is 4.98 Å². The number of anilines is 1. The summed E-state index contributed by atoms with van der Waals surface area (Å²) < 4.78 is 38.6. The lowest BCUT2D eigenvalue weighted by molar-refractivity contribution is -0.137. The number of hydrogen-bond acceptors (Lipinski definition) is 3. The molecule has 0 unspecified atom stereocenters. The number of halogens is 3. The molecule has 1 aromatic heterocycles. The smallest absolute Gasteiger partial charge is 0.342 e. The Morgan fingerprint density at radius 1 is 1.05 bits per heavy atom. The Bertz CT molecular complexity index is 1190. The number of likely N-dealkylation sites (tertiary alicyclic amines) is 1. The average molecular weight is 515 g/mol. The molecule has 200 valence electrons. The number of hydrogen-bond donors (Lipinski definition) is 1. The summed E-state index contributed by atoms with van der Waals surface area (Å²) in [7, 11) is 0. The zero-order chi connectivity index (χ0) is 27.3. The van der Waals surface area contributed by atoms with E-state index in [0.29, 0.717) is 17.9 Å². The van der Waals surface area contributed by atoms with E-state index in [9.17, 15) is 18.0 Å². The van der Waals surface area contributed by atoms with E-state index in [2.05, 4.69) is 20.9 Å². The predicted octanol–water partition coefficient (Wildman–Crippen LogP) is 7.06. The first kappa shape index (κ1) is 28.4. The molecule has 1 amide bonds. The van der Waals surface area contributed by atoms with E-state index >= 15 is 0 Å². The first-order valence-electron chi connectivity index (χ1n) is 12.9. The van der Waals surface area contributed by atoms with E-state index in [-0.39, 0.29) is 11.9 Å². The Labute approximate surface area is 217 Å². The van der Waals surface area contributed by atoms with Gasteiger partial charge in [0, 0.05) is 49.5 Å². The second-order valence-corrected chi connectivity index (χ2v) is 9.42. The molecule has 2 aromatic carbocycles. The molecule has 1 aliphatic rings. The molecule has 4 rings (SSSR count). The van der Waals surface area contributed by atoms with Crippen molar-refractivity contribution in [2.75, 3.05) is 18.0 Å². The minimum absolute atomic E-state index is 0.0553. The number of H-pyrrole nitrogens is 1. The minimum Gasteiger partial charge on any atom is -0.342 e. The first-order chi connectivity index (χ1) is 17.5. The lowest BCUT2D eigenvalue weighted by Crippen LogP contribution is -2.47. The number of amides is 1. The van der Waals surface area contributed by atoms with Crippen molar-refractivity contribution < 1.29 is 18.0 Å². The van der Waals surface area contributed by atoms with Crippen LogP contribution in [-0.2, 0) is 17.5 Å². The van der Waals surface area contributed by atoms with Gasteiger partial charge in [0.25, 0.3) is 0 Å². The normalized spacial score (nSPS) is 14.7. The SMILES string of the molecule is CC.CC(=O)N(c1ccc(C)cc1C)C1CCN(Cc2nc(-c3ccc(C(F)(F)F)cc3)[nH]c2C)CC1. The number of carbonyl (C=O) groups excluding carboxylic acids is 1. The highest BCUT2D eigenvalue weighted by molar-refractivity contribution is 5.93. The maximum Gasteiger partial charge on any atom is 0.416 e. The van der Waals surface area contributed by atoms with E-state index in [1.165, 1.54) is 17.7 Å². The molecule has 1 aliphatic heterocycles. The molecule has 8 heteroatoms. The van der Waals surface area contributed by atoms with Crippen molar-refractivity contribution in [3.05, 3.63) is 70.5 Å². The molecule has 3 aromatic rings. The standard InChI is InChI=1S/C27H31F3N4O.C2H6/c1-17-5-10-25(18(2)15-17)34(20(4)35)23-11-13-33(14-12-23)16-24-19(3)31-26(32-24)21-6-8-22(9-7-21)27(28,29)30;1-2/h5-10,15,23H,11-14,16H2,1-4H3,(H,31,32);1-2H3. The number of nitrogens with one attached hydrogen (secondary N) is 1. The van der Waals surface area contributed by atoms with Crippen molar-refractivity contribution in [2.45, 2.75) is 73.1 Å². The van der Waals surface area contributed by atoms with Gasteiger partial charge in [-0.05, 0) is 57.4 Å². The Morgan fingerprint density at radius 2 is 1.68 bits per heavy atom. The van der Waals surface area contributed by atoms with Crippen LogP contribution in [0.5, 0.6) is 0 Å². The fourth-order valence-electron chi connectivity index (χ4n) is 4.85. The molecule has 0 saturated carbocycles. The summed E-state index contributed by atoms with van der Waals surface area (Å²) in [6.07, 6.45) is -2.63. The van der Waals surface area contributed by atoms with Crippen LogP contribution in [0.2, 0.25) is 0 Å². The molecular weight excluding hydrogens is 477 g/mol. The third kappa shape index (κ3) is 6.80. The fourth-order valence-corrected chi connectivity index (χ4v) is 4.85. The zero-order valence-corrected chi connectivity index (χ0v) is 22.5. The Hall–Kier alpha value is -3.13. The molecule has 0 spiro atoms. The van der Waals surface area contributed by atoms with E-state index in [1.807, 2.05) is 51.7 Å². The van der Waals surface area contributed by atoms with Crippen LogP contribution in [0.3, 0.4) is 0 Å². The zero-order valence-electron chi connectivity index (χ0n) is 22.5. The summed E-state index contributed by atoms with van der Waals surface area (Å²) in [4.78, 5) is 24.7. The number of aromatic amines is 1. The Morgan fingerprint density at radius 3 is 2.22 bits per heavy atom. The van der Waals surface area contributed by atoms with Crippen LogP contribution in [-0.4, -0.2) is 39.9 Å². The van der Waals surface area contributed by atoms with Gasteiger partial charge in [0.15, 0.2) is 0 Å². The number of piperidine rings is 1. The Balaban J connectivity index is 0.00000186. The quantitative estimate of drug-likeness (QED) is 0.396. The lowest BCUT2D eigenvalue weighted by atomic mass is 10.00. The van der Waals surface area contributed by atoms with Crippen LogP contribution in [0.15, 0.2) is 42.5 Å². The molecule has 0 radical (unpaired) electrons. The summed E-state index contributed by atoms with van der Waals surface area (Å²) in [5, 5.41) is 0. The maximum absolute atomic E-state index is 12.9. The lowest BCUT2D eigenvalue weighted by Gasteiger charge is -2.38.